The van der Waals surface area contributed by atoms with Gasteiger partial charge in [-0.3, -0.25) is 4.79 Å². The average molecular weight is 293 g/mol. The second-order valence-electron chi connectivity index (χ2n) is 3.38. The summed E-state index contributed by atoms with van der Waals surface area (Å²) in [5.74, 6) is 0. The van der Waals surface area contributed by atoms with Gasteiger partial charge in [0.25, 0.3) is 0 Å². The summed E-state index contributed by atoms with van der Waals surface area (Å²) in [5, 5.41) is 1.16. The topological polar surface area (TPSA) is 97.3 Å². The number of nitrogens with zero attached hydrogens (tertiary/aromatic N) is 5. The first kappa shape index (κ1) is 12.0. The summed E-state index contributed by atoms with van der Waals surface area (Å²) < 4.78 is 0. The third kappa shape index (κ3) is 2.15. The molecule has 0 bridgehead atoms. The summed E-state index contributed by atoms with van der Waals surface area (Å²) in [7, 11) is 0. The summed E-state index contributed by atoms with van der Waals surface area (Å²) in [6, 6.07) is 0. The molecule has 7 nitrogen and oxygen atoms in total. The van der Waals surface area contributed by atoms with E-state index in [1.54, 1.807) is 0 Å². The van der Waals surface area contributed by atoms with Crippen LogP contribution in [0.2, 0.25) is 5.15 Å². The summed E-state index contributed by atoms with van der Waals surface area (Å²) >= 11 is 7.04. The molecule has 94 valence electrons. The fraction of sp³-hybridized carbons (Fsp3) is 0. The quantitative estimate of drug-likeness (QED) is 0.580. The lowest BCUT2D eigenvalue weighted by Gasteiger charge is -2.03. The molecule has 3 aromatic rings. The first-order valence-electron chi connectivity index (χ1n) is 5.07. The molecule has 19 heavy (non-hydrogen) atoms. The average Bonchev–Trinajstić information content (AvgIpc) is 2.88. The lowest BCUT2D eigenvalue weighted by atomic mass is 10.4. The van der Waals surface area contributed by atoms with Crippen molar-refractivity contribution in [3.8, 4) is 0 Å². The van der Waals surface area contributed by atoms with Gasteiger partial charge in [-0.1, -0.05) is 11.6 Å². The van der Waals surface area contributed by atoms with Crippen molar-refractivity contribution in [2.75, 3.05) is 0 Å². The van der Waals surface area contributed by atoms with E-state index in [0.717, 1.165) is 0 Å². The Hall–Kier alpha value is -2.06. The van der Waals surface area contributed by atoms with Crippen LogP contribution in [-0.2, 0) is 0 Å². The number of aromatic amines is 1. The molecular weight excluding hydrogens is 288 g/mol. The zero-order chi connectivity index (χ0) is 13.2. The largest absolute Gasteiger partial charge is 0.341 e. The minimum absolute atomic E-state index is 0.113. The molecule has 0 unspecified atom stereocenters. The lowest BCUT2D eigenvalue weighted by Crippen LogP contribution is -1.95. The van der Waals surface area contributed by atoms with Crippen LogP contribution in [-0.4, -0.2) is 36.2 Å². The number of imidazole rings is 1. The summed E-state index contributed by atoms with van der Waals surface area (Å²) in [4.78, 5) is 33.9. The van der Waals surface area contributed by atoms with Crippen LogP contribution in [0.4, 0.5) is 0 Å². The van der Waals surface area contributed by atoms with E-state index in [1.807, 2.05) is 0 Å². The van der Waals surface area contributed by atoms with Crippen molar-refractivity contribution in [2.24, 2.45) is 0 Å². The normalized spacial score (nSPS) is 10.8. The van der Waals surface area contributed by atoms with Gasteiger partial charge >= 0.3 is 0 Å². The summed E-state index contributed by atoms with van der Waals surface area (Å²) in [6.07, 6.45) is 4.84. The number of hydrogen-bond donors (Lipinski definition) is 1. The molecule has 0 aliphatic rings. The predicted molar refractivity (Wildman–Crippen MR) is 68.2 cm³/mol. The zero-order valence-corrected chi connectivity index (χ0v) is 10.8. The van der Waals surface area contributed by atoms with Crippen LogP contribution in [0.3, 0.4) is 0 Å². The van der Waals surface area contributed by atoms with Gasteiger partial charge < -0.3 is 4.98 Å². The molecule has 3 rings (SSSR count). The number of nitrogens with one attached hydrogen (secondary N) is 1. The number of rotatable bonds is 3. The molecule has 0 atom stereocenters. The summed E-state index contributed by atoms with van der Waals surface area (Å²) in [6.45, 7) is 0. The van der Waals surface area contributed by atoms with Gasteiger partial charge in [0.1, 0.15) is 33.4 Å². The number of carbonyl (C=O) groups excluding carboxylic acids is 1. The van der Waals surface area contributed by atoms with Crippen LogP contribution in [0.1, 0.15) is 10.4 Å². The number of aromatic nitrogens is 6. The van der Waals surface area contributed by atoms with E-state index in [0.29, 0.717) is 27.5 Å². The van der Waals surface area contributed by atoms with Gasteiger partial charge in [0.2, 0.25) is 0 Å². The van der Waals surface area contributed by atoms with Crippen LogP contribution < -0.4 is 0 Å². The van der Waals surface area contributed by atoms with Gasteiger partial charge in [-0.05, 0) is 11.8 Å². The minimum Gasteiger partial charge on any atom is -0.341 e. The molecule has 0 aliphatic carbocycles. The molecule has 0 spiro atoms. The molecule has 0 aliphatic heterocycles. The molecule has 0 fully saturated rings. The van der Waals surface area contributed by atoms with Crippen LogP contribution in [0, 0.1) is 0 Å². The van der Waals surface area contributed by atoms with Crippen molar-refractivity contribution >= 4 is 40.8 Å². The number of fused-ring (bicyclic) bond motifs is 1. The second kappa shape index (κ2) is 4.90. The number of aldehydes is 1. The highest BCUT2D eigenvalue weighted by Crippen LogP contribution is 2.31. The molecule has 3 aromatic heterocycles. The maximum absolute atomic E-state index is 11.0. The van der Waals surface area contributed by atoms with Gasteiger partial charge in [0, 0.05) is 0 Å². The number of carbonyl (C=O) groups is 1. The Labute approximate surface area is 115 Å². The molecule has 1 N–H and O–H groups in total. The van der Waals surface area contributed by atoms with Crippen LogP contribution >= 0.6 is 23.4 Å². The Balaban J connectivity index is 2.08. The van der Waals surface area contributed by atoms with Crippen molar-refractivity contribution in [2.45, 2.75) is 10.1 Å². The third-order valence-corrected chi connectivity index (χ3v) is 3.62. The zero-order valence-electron chi connectivity index (χ0n) is 9.24. The van der Waals surface area contributed by atoms with E-state index in [2.05, 4.69) is 29.9 Å². The first-order chi connectivity index (χ1) is 9.29. The number of H-pyrrole nitrogens is 1. The van der Waals surface area contributed by atoms with E-state index < -0.39 is 0 Å². The Morgan fingerprint density at radius 2 is 1.89 bits per heavy atom. The predicted octanol–water partition coefficient (Wildman–Crippen LogP) is 1.76. The first-order valence-corrected chi connectivity index (χ1v) is 6.26. The highest BCUT2D eigenvalue weighted by molar-refractivity contribution is 7.99. The Morgan fingerprint density at radius 1 is 1.11 bits per heavy atom. The number of hydrogen-bond acceptors (Lipinski definition) is 7. The Kier molecular flexibility index (Phi) is 3.10. The van der Waals surface area contributed by atoms with Crippen molar-refractivity contribution in [3.05, 3.63) is 29.7 Å². The van der Waals surface area contributed by atoms with Gasteiger partial charge in [-0.25, -0.2) is 24.9 Å². The third-order valence-electron chi connectivity index (χ3n) is 2.30. The van der Waals surface area contributed by atoms with Crippen LogP contribution in [0.5, 0.6) is 0 Å². The van der Waals surface area contributed by atoms with E-state index in [4.69, 9.17) is 11.6 Å². The Morgan fingerprint density at radius 3 is 2.74 bits per heavy atom. The standard InChI is InChI=1S/C10H5ClN6OS/c11-7-5(1-18)9(16-3-13-7)19-10-6-8(14-2-12-6)15-4-17-10/h1-4H,(H,12,14,15,17). The molecule has 0 aromatic carbocycles. The highest BCUT2D eigenvalue weighted by Gasteiger charge is 2.14. The lowest BCUT2D eigenvalue weighted by molar-refractivity contribution is 0.112. The molecule has 0 amide bonds. The highest BCUT2D eigenvalue weighted by atomic mass is 35.5. The van der Waals surface area contributed by atoms with E-state index in [9.17, 15) is 4.79 Å². The summed E-state index contributed by atoms with van der Waals surface area (Å²) in [5.41, 5.74) is 1.46. The SMILES string of the molecule is O=Cc1c(Cl)ncnc1Sc1ncnc2nc[nH]c12. The maximum Gasteiger partial charge on any atom is 0.181 e. The monoisotopic (exact) mass is 292 g/mol. The molecule has 9 heteroatoms. The minimum atomic E-state index is 0.113. The maximum atomic E-state index is 11.0. The van der Waals surface area contributed by atoms with Crippen molar-refractivity contribution in [3.63, 3.8) is 0 Å². The number of halogens is 1. The fourth-order valence-corrected chi connectivity index (χ4v) is 2.58. The van der Waals surface area contributed by atoms with Gasteiger partial charge in [0.05, 0.1) is 11.9 Å². The van der Waals surface area contributed by atoms with E-state index in [-0.39, 0.29) is 10.7 Å². The second-order valence-corrected chi connectivity index (χ2v) is 4.72. The fourth-order valence-electron chi connectivity index (χ4n) is 1.45. The van der Waals surface area contributed by atoms with E-state index >= 15 is 0 Å². The van der Waals surface area contributed by atoms with Crippen molar-refractivity contribution in [1.82, 2.24) is 29.9 Å². The van der Waals surface area contributed by atoms with Crippen molar-refractivity contribution < 1.29 is 4.79 Å². The molecular formula is C10H5ClN6OS. The van der Waals surface area contributed by atoms with Crippen molar-refractivity contribution in [1.29, 1.82) is 0 Å². The van der Waals surface area contributed by atoms with Gasteiger partial charge in [-0.2, -0.15) is 0 Å². The molecule has 0 saturated carbocycles. The molecule has 3 heterocycles. The molecule has 0 radical (unpaired) electrons. The smallest absolute Gasteiger partial charge is 0.181 e. The van der Waals surface area contributed by atoms with Gasteiger partial charge in [0.15, 0.2) is 11.9 Å². The molecule has 0 saturated heterocycles. The Bertz CT molecular complexity index is 761. The van der Waals surface area contributed by atoms with Crippen LogP contribution in [0.25, 0.3) is 11.2 Å². The van der Waals surface area contributed by atoms with E-state index in [1.165, 1.54) is 30.7 Å². The van der Waals surface area contributed by atoms with Crippen LogP contribution in [0.15, 0.2) is 29.0 Å². The van der Waals surface area contributed by atoms with Gasteiger partial charge in [-0.15, -0.1) is 0 Å².